The van der Waals surface area contributed by atoms with Crippen LogP contribution in [0.15, 0.2) is 42.5 Å². The van der Waals surface area contributed by atoms with E-state index in [-0.39, 0.29) is 0 Å². The highest BCUT2D eigenvalue weighted by Gasteiger charge is 2.24. The van der Waals surface area contributed by atoms with Crippen LogP contribution in [-0.4, -0.2) is 30.6 Å². The van der Waals surface area contributed by atoms with Crippen LogP contribution >= 0.6 is 0 Å². The lowest BCUT2D eigenvalue weighted by molar-refractivity contribution is 0.184. The molecule has 0 bridgehead atoms. The Hall–Kier alpha value is -2.31. The molecule has 3 nitrogen and oxygen atoms in total. The van der Waals surface area contributed by atoms with Gasteiger partial charge in [0.15, 0.2) is 0 Å². The lowest BCUT2D eigenvalue weighted by atomic mass is 9.97. The minimum atomic E-state index is 0.701. The maximum absolute atomic E-state index is 8.96. The fourth-order valence-electron chi connectivity index (χ4n) is 4.15. The molecule has 3 heteroatoms. The van der Waals surface area contributed by atoms with Crippen LogP contribution in [-0.2, 0) is 6.42 Å². The van der Waals surface area contributed by atoms with Gasteiger partial charge in [0.25, 0.3) is 0 Å². The van der Waals surface area contributed by atoms with Crippen molar-refractivity contribution in [2.24, 2.45) is 0 Å². The van der Waals surface area contributed by atoms with Crippen LogP contribution in [0.5, 0.6) is 5.75 Å². The summed E-state index contributed by atoms with van der Waals surface area (Å²) >= 11 is 0. The molecule has 0 aromatic heterocycles. The van der Waals surface area contributed by atoms with Crippen molar-refractivity contribution in [3.05, 3.63) is 53.6 Å². The molecule has 2 heterocycles. The van der Waals surface area contributed by atoms with E-state index in [0.717, 1.165) is 36.9 Å². The van der Waals surface area contributed by atoms with Gasteiger partial charge in [-0.05, 0) is 79.6 Å². The van der Waals surface area contributed by atoms with Gasteiger partial charge in [-0.1, -0.05) is 18.2 Å². The van der Waals surface area contributed by atoms with Crippen LogP contribution in [0.25, 0.3) is 11.1 Å². The number of ether oxygens (including phenoxy) is 1. The molecular formula is C22H24N2O. The van der Waals surface area contributed by atoms with Gasteiger partial charge in [0, 0.05) is 12.6 Å². The lowest BCUT2D eigenvalue weighted by Crippen LogP contribution is -2.33. The summed E-state index contributed by atoms with van der Waals surface area (Å²) in [5.74, 6) is 1.04. The van der Waals surface area contributed by atoms with Gasteiger partial charge in [-0.15, -0.1) is 0 Å². The molecule has 0 aliphatic carbocycles. The van der Waals surface area contributed by atoms with Crippen LogP contribution < -0.4 is 4.74 Å². The highest BCUT2D eigenvalue weighted by atomic mass is 16.5. The summed E-state index contributed by atoms with van der Waals surface area (Å²) in [7, 11) is 0. The van der Waals surface area contributed by atoms with E-state index in [1.165, 1.54) is 43.4 Å². The fraction of sp³-hybridized carbons (Fsp3) is 0.409. The number of fused-ring (bicyclic) bond motifs is 2. The molecule has 0 saturated carbocycles. The normalized spacial score (nSPS) is 20.8. The Kier molecular flexibility index (Phi) is 4.72. The van der Waals surface area contributed by atoms with Crippen LogP contribution in [0.2, 0.25) is 0 Å². The molecule has 25 heavy (non-hydrogen) atoms. The van der Waals surface area contributed by atoms with Crippen molar-refractivity contribution in [2.75, 3.05) is 19.7 Å². The molecule has 2 aromatic rings. The predicted octanol–water partition coefficient (Wildman–Crippen LogP) is 4.40. The van der Waals surface area contributed by atoms with Crippen molar-refractivity contribution in [2.45, 2.75) is 38.1 Å². The first-order valence-corrected chi connectivity index (χ1v) is 9.34. The van der Waals surface area contributed by atoms with Gasteiger partial charge in [0.2, 0.25) is 0 Å². The van der Waals surface area contributed by atoms with E-state index in [0.29, 0.717) is 5.56 Å². The molecule has 0 N–H and O–H groups in total. The molecule has 2 aromatic carbocycles. The molecule has 0 amide bonds. The van der Waals surface area contributed by atoms with Crippen molar-refractivity contribution >= 4 is 0 Å². The topological polar surface area (TPSA) is 36.3 Å². The van der Waals surface area contributed by atoms with Gasteiger partial charge in [-0.2, -0.15) is 5.26 Å². The smallest absolute Gasteiger partial charge is 0.122 e. The number of rotatable bonds is 1. The molecule has 128 valence electrons. The number of hydrogen-bond acceptors (Lipinski definition) is 3. The SMILES string of the molecule is N#Cc1ccc(-c2ccc3c(c2)CCCC2CCCN2CCO3)cc1. The van der Waals surface area contributed by atoms with Crippen LogP contribution in [0.1, 0.15) is 36.8 Å². The van der Waals surface area contributed by atoms with Gasteiger partial charge in [0.1, 0.15) is 12.4 Å². The Morgan fingerprint density at radius 1 is 0.960 bits per heavy atom. The third-order valence-corrected chi connectivity index (χ3v) is 5.53. The third-order valence-electron chi connectivity index (χ3n) is 5.53. The summed E-state index contributed by atoms with van der Waals surface area (Å²) in [6.07, 6.45) is 6.26. The largest absolute Gasteiger partial charge is 0.492 e. The average Bonchev–Trinajstić information content (AvgIpc) is 3.10. The number of aryl methyl sites for hydroxylation is 1. The Labute approximate surface area is 149 Å². The number of benzene rings is 2. The summed E-state index contributed by atoms with van der Waals surface area (Å²) in [5.41, 5.74) is 4.37. The minimum Gasteiger partial charge on any atom is -0.492 e. The first-order valence-electron chi connectivity index (χ1n) is 9.34. The molecule has 0 spiro atoms. The molecule has 4 rings (SSSR count). The van der Waals surface area contributed by atoms with Crippen molar-refractivity contribution in [1.29, 1.82) is 5.26 Å². The zero-order valence-electron chi connectivity index (χ0n) is 14.6. The quantitative estimate of drug-likeness (QED) is 0.776. The zero-order valence-corrected chi connectivity index (χ0v) is 14.6. The fourth-order valence-corrected chi connectivity index (χ4v) is 4.15. The van der Waals surface area contributed by atoms with E-state index in [2.05, 4.69) is 29.2 Å². The second kappa shape index (κ2) is 7.29. The highest BCUT2D eigenvalue weighted by Crippen LogP contribution is 2.30. The maximum atomic E-state index is 8.96. The van der Waals surface area contributed by atoms with Crippen molar-refractivity contribution in [3.8, 4) is 22.9 Å². The first kappa shape index (κ1) is 16.2. The van der Waals surface area contributed by atoms with Crippen molar-refractivity contribution in [1.82, 2.24) is 4.90 Å². The molecular weight excluding hydrogens is 308 g/mol. The Balaban J connectivity index is 1.57. The zero-order chi connectivity index (χ0) is 17.1. The van der Waals surface area contributed by atoms with Gasteiger partial charge >= 0.3 is 0 Å². The molecule has 0 radical (unpaired) electrons. The van der Waals surface area contributed by atoms with Crippen molar-refractivity contribution in [3.63, 3.8) is 0 Å². The van der Waals surface area contributed by atoms with E-state index >= 15 is 0 Å². The standard InChI is InChI=1S/C22H24N2O/c23-16-17-6-8-18(9-7-17)19-10-11-22-20(15-19)3-1-4-21-5-2-12-24(21)13-14-25-22/h6-11,15,21H,1-5,12-14H2. The highest BCUT2D eigenvalue weighted by molar-refractivity contribution is 5.66. The Morgan fingerprint density at radius 2 is 1.76 bits per heavy atom. The molecule has 2 aliphatic heterocycles. The van der Waals surface area contributed by atoms with Gasteiger partial charge < -0.3 is 4.74 Å². The molecule has 1 saturated heterocycles. The second-order valence-electron chi connectivity index (χ2n) is 7.08. The summed E-state index contributed by atoms with van der Waals surface area (Å²) < 4.78 is 6.11. The minimum absolute atomic E-state index is 0.701. The van der Waals surface area contributed by atoms with E-state index in [1.807, 2.05) is 24.3 Å². The van der Waals surface area contributed by atoms with Crippen molar-refractivity contribution < 1.29 is 4.74 Å². The van der Waals surface area contributed by atoms with E-state index < -0.39 is 0 Å². The summed E-state index contributed by atoms with van der Waals surface area (Å²) in [6, 6.07) is 17.3. The summed E-state index contributed by atoms with van der Waals surface area (Å²) in [5, 5.41) is 8.96. The number of hydrogen-bond donors (Lipinski definition) is 0. The summed E-state index contributed by atoms with van der Waals surface area (Å²) in [4.78, 5) is 2.61. The van der Waals surface area contributed by atoms with Crippen LogP contribution in [0.4, 0.5) is 0 Å². The van der Waals surface area contributed by atoms with Gasteiger partial charge in [-0.25, -0.2) is 0 Å². The maximum Gasteiger partial charge on any atom is 0.122 e. The molecule has 2 aliphatic rings. The third kappa shape index (κ3) is 3.55. The molecule has 1 atom stereocenters. The van der Waals surface area contributed by atoms with Crippen LogP contribution in [0.3, 0.4) is 0 Å². The summed E-state index contributed by atoms with van der Waals surface area (Å²) in [6.45, 7) is 3.06. The molecule has 1 fully saturated rings. The lowest BCUT2D eigenvalue weighted by Gasteiger charge is -2.26. The average molecular weight is 332 g/mol. The number of nitriles is 1. The van der Waals surface area contributed by atoms with Crippen LogP contribution in [0, 0.1) is 11.3 Å². The first-order chi connectivity index (χ1) is 12.3. The van der Waals surface area contributed by atoms with E-state index in [4.69, 9.17) is 10.00 Å². The number of nitrogens with zero attached hydrogens (tertiary/aromatic N) is 2. The second-order valence-corrected chi connectivity index (χ2v) is 7.08. The predicted molar refractivity (Wildman–Crippen MR) is 99.6 cm³/mol. The van der Waals surface area contributed by atoms with E-state index in [9.17, 15) is 0 Å². The Bertz CT molecular complexity index is 776. The Morgan fingerprint density at radius 3 is 2.60 bits per heavy atom. The van der Waals surface area contributed by atoms with E-state index in [1.54, 1.807) is 0 Å². The molecule has 1 unspecified atom stereocenters. The van der Waals surface area contributed by atoms with Gasteiger partial charge in [-0.3, -0.25) is 4.90 Å². The van der Waals surface area contributed by atoms with Gasteiger partial charge in [0.05, 0.1) is 11.6 Å². The monoisotopic (exact) mass is 332 g/mol.